The molecular formula is C16H24N2O2. The summed E-state index contributed by atoms with van der Waals surface area (Å²) in [5, 5.41) is 3.38. The molecule has 1 unspecified atom stereocenters. The number of carbonyl (C=O) groups excluding carboxylic acids is 1. The number of nitrogens with zero attached hydrogens (tertiary/aromatic N) is 1. The van der Waals surface area contributed by atoms with Crippen molar-refractivity contribution in [2.24, 2.45) is 0 Å². The van der Waals surface area contributed by atoms with E-state index >= 15 is 0 Å². The molecule has 0 spiro atoms. The van der Waals surface area contributed by atoms with Crippen LogP contribution in [0.25, 0.3) is 0 Å². The van der Waals surface area contributed by atoms with Gasteiger partial charge < -0.3 is 10.1 Å². The van der Waals surface area contributed by atoms with Gasteiger partial charge in [-0.05, 0) is 30.5 Å². The monoisotopic (exact) mass is 276 g/mol. The van der Waals surface area contributed by atoms with Crippen molar-refractivity contribution in [1.82, 2.24) is 10.2 Å². The molecule has 110 valence electrons. The number of carbonyl (C=O) groups is 1. The highest BCUT2D eigenvalue weighted by atomic mass is 16.5. The van der Waals surface area contributed by atoms with Gasteiger partial charge in [0.15, 0.2) is 0 Å². The number of hydrogen-bond donors (Lipinski definition) is 1. The molecule has 1 fully saturated rings. The van der Waals surface area contributed by atoms with Gasteiger partial charge in [0.05, 0.1) is 7.11 Å². The number of rotatable bonds is 4. The van der Waals surface area contributed by atoms with Gasteiger partial charge in [-0.2, -0.15) is 0 Å². The molecular weight excluding hydrogens is 252 g/mol. The molecule has 0 bridgehead atoms. The predicted molar refractivity (Wildman–Crippen MR) is 79.6 cm³/mol. The van der Waals surface area contributed by atoms with Crippen LogP contribution in [-0.4, -0.2) is 44.2 Å². The van der Waals surface area contributed by atoms with Crippen molar-refractivity contribution in [3.63, 3.8) is 0 Å². The zero-order chi connectivity index (χ0) is 14.4. The van der Waals surface area contributed by atoms with Crippen LogP contribution in [0, 0.1) is 0 Å². The summed E-state index contributed by atoms with van der Waals surface area (Å²) in [5.74, 6) is -0.159. The average molecular weight is 276 g/mol. The summed E-state index contributed by atoms with van der Waals surface area (Å²) in [6.07, 6.45) is 1.98. The molecule has 0 aliphatic carbocycles. The van der Waals surface area contributed by atoms with E-state index in [0.717, 1.165) is 44.6 Å². The van der Waals surface area contributed by atoms with E-state index in [0.29, 0.717) is 0 Å². The minimum absolute atomic E-state index is 0.159. The average Bonchev–Trinajstić information content (AvgIpc) is 2.77. The van der Waals surface area contributed by atoms with Gasteiger partial charge in [0.1, 0.15) is 6.04 Å². The zero-order valence-corrected chi connectivity index (χ0v) is 12.4. The fourth-order valence-corrected chi connectivity index (χ4v) is 2.83. The van der Waals surface area contributed by atoms with Crippen LogP contribution in [0.5, 0.6) is 0 Å². The number of ether oxygens (including phenoxy) is 1. The van der Waals surface area contributed by atoms with Gasteiger partial charge in [-0.3, -0.25) is 4.90 Å². The second kappa shape index (κ2) is 7.41. The van der Waals surface area contributed by atoms with Crippen LogP contribution >= 0.6 is 0 Å². The summed E-state index contributed by atoms with van der Waals surface area (Å²) in [4.78, 5) is 14.5. The summed E-state index contributed by atoms with van der Waals surface area (Å²) in [6, 6.07) is 7.90. The Labute approximate surface area is 121 Å². The summed E-state index contributed by atoms with van der Waals surface area (Å²) < 4.78 is 5.06. The Bertz CT molecular complexity index is 440. The molecule has 0 amide bonds. The van der Waals surface area contributed by atoms with E-state index in [2.05, 4.69) is 29.3 Å². The van der Waals surface area contributed by atoms with E-state index in [1.165, 1.54) is 12.7 Å². The molecule has 2 rings (SSSR count). The first-order chi connectivity index (χ1) is 9.77. The number of aryl methyl sites for hydroxylation is 1. The van der Waals surface area contributed by atoms with Gasteiger partial charge >= 0.3 is 5.97 Å². The third kappa shape index (κ3) is 3.38. The number of nitrogens with one attached hydrogen (secondary N) is 1. The zero-order valence-electron chi connectivity index (χ0n) is 12.4. The maximum Gasteiger partial charge on any atom is 0.327 e. The van der Waals surface area contributed by atoms with Crippen LogP contribution in [-0.2, 0) is 16.0 Å². The Balaban J connectivity index is 2.33. The van der Waals surface area contributed by atoms with Gasteiger partial charge in [-0.15, -0.1) is 0 Å². The molecule has 20 heavy (non-hydrogen) atoms. The van der Waals surface area contributed by atoms with Crippen LogP contribution in [0.3, 0.4) is 0 Å². The van der Waals surface area contributed by atoms with Gasteiger partial charge in [-0.1, -0.05) is 31.2 Å². The van der Waals surface area contributed by atoms with Crippen molar-refractivity contribution in [2.75, 3.05) is 33.3 Å². The normalized spacial score (nSPS) is 18.3. The van der Waals surface area contributed by atoms with E-state index in [9.17, 15) is 4.79 Å². The Morgan fingerprint density at radius 3 is 2.90 bits per heavy atom. The lowest BCUT2D eigenvalue weighted by Crippen LogP contribution is -2.37. The van der Waals surface area contributed by atoms with E-state index in [1.807, 2.05) is 12.1 Å². The maximum absolute atomic E-state index is 12.3. The van der Waals surface area contributed by atoms with Crippen molar-refractivity contribution in [3.8, 4) is 0 Å². The third-order valence-electron chi connectivity index (χ3n) is 3.89. The minimum atomic E-state index is -0.281. The van der Waals surface area contributed by atoms with Gasteiger partial charge in [-0.25, -0.2) is 4.79 Å². The Kier molecular flexibility index (Phi) is 5.56. The van der Waals surface area contributed by atoms with Crippen LogP contribution in [0.2, 0.25) is 0 Å². The van der Waals surface area contributed by atoms with E-state index < -0.39 is 0 Å². The summed E-state index contributed by atoms with van der Waals surface area (Å²) in [5.41, 5.74) is 2.31. The highest BCUT2D eigenvalue weighted by Gasteiger charge is 2.30. The Hall–Kier alpha value is -1.39. The lowest BCUT2D eigenvalue weighted by Gasteiger charge is -2.29. The quantitative estimate of drug-likeness (QED) is 0.851. The molecule has 0 radical (unpaired) electrons. The Morgan fingerprint density at radius 1 is 1.35 bits per heavy atom. The van der Waals surface area contributed by atoms with E-state index in [-0.39, 0.29) is 12.0 Å². The molecule has 1 aromatic rings. The first-order valence-corrected chi connectivity index (χ1v) is 7.38. The first kappa shape index (κ1) is 15.0. The second-order valence-corrected chi connectivity index (χ2v) is 5.12. The maximum atomic E-state index is 12.3. The van der Waals surface area contributed by atoms with Crippen LogP contribution in [0.1, 0.15) is 30.5 Å². The molecule has 1 N–H and O–H groups in total. The smallest absolute Gasteiger partial charge is 0.327 e. The van der Waals surface area contributed by atoms with E-state index in [4.69, 9.17) is 4.74 Å². The lowest BCUT2D eigenvalue weighted by atomic mass is 9.97. The SMILES string of the molecule is CCc1ccccc1C(C(=O)OC)N1CCCNCC1. The van der Waals surface area contributed by atoms with Crippen molar-refractivity contribution >= 4 is 5.97 Å². The van der Waals surface area contributed by atoms with Crippen LogP contribution < -0.4 is 5.32 Å². The van der Waals surface area contributed by atoms with Gasteiger partial charge in [0, 0.05) is 19.6 Å². The summed E-state index contributed by atoms with van der Waals surface area (Å²) >= 11 is 0. The fraction of sp³-hybridized carbons (Fsp3) is 0.562. The lowest BCUT2D eigenvalue weighted by molar-refractivity contribution is -0.147. The molecule has 4 nitrogen and oxygen atoms in total. The van der Waals surface area contributed by atoms with Gasteiger partial charge in [0.25, 0.3) is 0 Å². The molecule has 1 saturated heterocycles. The molecule has 4 heteroatoms. The van der Waals surface area contributed by atoms with Gasteiger partial charge in [0.2, 0.25) is 0 Å². The van der Waals surface area contributed by atoms with Crippen LogP contribution in [0.4, 0.5) is 0 Å². The fourth-order valence-electron chi connectivity index (χ4n) is 2.83. The van der Waals surface area contributed by atoms with Crippen LogP contribution in [0.15, 0.2) is 24.3 Å². The summed E-state index contributed by atoms with van der Waals surface area (Å²) in [7, 11) is 1.47. The number of hydrogen-bond acceptors (Lipinski definition) is 4. The van der Waals surface area contributed by atoms with Crippen molar-refractivity contribution in [1.29, 1.82) is 0 Å². The van der Waals surface area contributed by atoms with E-state index in [1.54, 1.807) is 0 Å². The van der Waals surface area contributed by atoms with Crippen molar-refractivity contribution in [2.45, 2.75) is 25.8 Å². The molecule has 1 aliphatic heterocycles. The topological polar surface area (TPSA) is 41.6 Å². The molecule has 1 heterocycles. The summed E-state index contributed by atoms with van der Waals surface area (Å²) in [6.45, 7) is 5.85. The third-order valence-corrected chi connectivity index (χ3v) is 3.89. The van der Waals surface area contributed by atoms with Crippen molar-refractivity contribution in [3.05, 3.63) is 35.4 Å². The molecule has 0 saturated carbocycles. The molecule has 1 aliphatic rings. The first-order valence-electron chi connectivity index (χ1n) is 7.38. The second-order valence-electron chi connectivity index (χ2n) is 5.12. The molecule has 0 aromatic heterocycles. The molecule has 1 aromatic carbocycles. The minimum Gasteiger partial charge on any atom is -0.468 e. The highest BCUT2D eigenvalue weighted by molar-refractivity contribution is 5.78. The number of esters is 1. The highest BCUT2D eigenvalue weighted by Crippen LogP contribution is 2.26. The molecule has 1 atom stereocenters. The Morgan fingerprint density at radius 2 is 2.15 bits per heavy atom. The largest absolute Gasteiger partial charge is 0.468 e. The standard InChI is InChI=1S/C16H24N2O2/c1-3-13-7-4-5-8-14(13)15(16(19)20-2)18-11-6-9-17-10-12-18/h4-5,7-8,15,17H,3,6,9-12H2,1-2H3. The number of benzene rings is 1. The van der Waals surface area contributed by atoms with Crippen molar-refractivity contribution < 1.29 is 9.53 Å². The predicted octanol–water partition coefficient (Wildman–Crippen LogP) is 1.76. The number of methoxy groups -OCH3 is 1.